The minimum atomic E-state index is -0.782. The van der Waals surface area contributed by atoms with Gasteiger partial charge in [0, 0.05) is 23.1 Å². The first kappa shape index (κ1) is 25.8. The van der Waals surface area contributed by atoms with Gasteiger partial charge < -0.3 is 15.8 Å². The number of aromatic nitrogens is 1. The molecule has 1 fully saturated rings. The Balaban J connectivity index is 1.67. The molecule has 1 aliphatic carbocycles. The van der Waals surface area contributed by atoms with Crippen LogP contribution in [0.25, 0.3) is 27.9 Å². The quantitative estimate of drug-likeness (QED) is 0.175. The lowest BCUT2D eigenvalue weighted by molar-refractivity contribution is -0.162. The van der Waals surface area contributed by atoms with Gasteiger partial charge in [-0.3, -0.25) is 15.0 Å². The molecule has 0 radical (unpaired) electrons. The predicted octanol–water partition coefficient (Wildman–Crippen LogP) is 4.35. The van der Waals surface area contributed by atoms with Crippen LogP contribution in [0.5, 0.6) is 0 Å². The summed E-state index contributed by atoms with van der Waals surface area (Å²) in [5, 5.41) is 12.5. The fraction of sp³-hybridized carbons (Fsp3) is 0.276. The van der Waals surface area contributed by atoms with Crippen molar-refractivity contribution in [3.8, 4) is 11.3 Å². The summed E-state index contributed by atoms with van der Waals surface area (Å²) >= 11 is 0. The largest absolute Gasteiger partial charge is 0.466 e. The van der Waals surface area contributed by atoms with Crippen LogP contribution >= 0.6 is 0 Å². The van der Waals surface area contributed by atoms with Gasteiger partial charge in [-0.1, -0.05) is 48.5 Å². The maximum Gasteiger partial charge on any atom is 0.311 e. The number of hydrogen-bond acceptors (Lipinski definition) is 6. The second-order valence-electron chi connectivity index (χ2n) is 9.53. The van der Waals surface area contributed by atoms with E-state index in [1.54, 1.807) is 6.92 Å². The number of aliphatic imine (C=N–C) groups is 1. The zero-order valence-electron chi connectivity index (χ0n) is 21.1. The van der Waals surface area contributed by atoms with Crippen LogP contribution in [0.4, 0.5) is 0 Å². The normalized spacial score (nSPS) is 19.4. The van der Waals surface area contributed by atoms with E-state index >= 15 is 0 Å². The second-order valence-corrected chi connectivity index (χ2v) is 9.53. The third kappa shape index (κ3) is 5.43. The Morgan fingerprint density at radius 3 is 2.54 bits per heavy atom. The number of nitrogens with one attached hydrogen (secondary N) is 2. The van der Waals surface area contributed by atoms with Gasteiger partial charge in [-0.25, -0.2) is 9.98 Å². The topological polar surface area (TPSA) is 131 Å². The van der Waals surface area contributed by atoms with E-state index in [-0.39, 0.29) is 23.3 Å². The molecule has 1 aromatic heterocycles. The van der Waals surface area contributed by atoms with Crippen molar-refractivity contribution in [2.45, 2.75) is 26.7 Å². The number of hydrogen-bond donors (Lipinski definition) is 3. The Morgan fingerprint density at radius 2 is 1.89 bits per heavy atom. The molecule has 0 spiro atoms. The van der Waals surface area contributed by atoms with Crippen LogP contribution in [-0.2, 0) is 14.3 Å². The maximum atomic E-state index is 12.4. The lowest BCUT2D eigenvalue weighted by Gasteiger charge is -2.43. The summed E-state index contributed by atoms with van der Waals surface area (Å²) in [5.41, 5.74) is 8.73. The summed E-state index contributed by atoms with van der Waals surface area (Å²) in [6.45, 7) is 7.95. The van der Waals surface area contributed by atoms with Gasteiger partial charge in [0.25, 0.3) is 5.91 Å². The molecule has 0 saturated heterocycles. The molecule has 0 atom stereocenters. The van der Waals surface area contributed by atoms with Crippen molar-refractivity contribution in [2.75, 3.05) is 13.2 Å². The molecule has 1 heterocycles. The number of pyridine rings is 1. The molecule has 4 rings (SSSR count). The molecule has 1 saturated carbocycles. The Kier molecular flexibility index (Phi) is 7.47. The van der Waals surface area contributed by atoms with E-state index in [2.05, 4.69) is 17.0 Å². The van der Waals surface area contributed by atoms with E-state index in [9.17, 15) is 9.59 Å². The van der Waals surface area contributed by atoms with Crippen molar-refractivity contribution >= 4 is 41.0 Å². The van der Waals surface area contributed by atoms with E-state index in [0.29, 0.717) is 37.3 Å². The van der Waals surface area contributed by atoms with Crippen molar-refractivity contribution in [3.63, 3.8) is 0 Å². The van der Waals surface area contributed by atoms with Crippen molar-refractivity contribution in [1.29, 1.82) is 5.41 Å². The fourth-order valence-corrected chi connectivity index (χ4v) is 4.89. The summed E-state index contributed by atoms with van der Waals surface area (Å²) in [6, 6.07) is 19.5. The van der Waals surface area contributed by atoms with Crippen LogP contribution in [0.1, 0.15) is 32.3 Å². The molecule has 190 valence electrons. The van der Waals surface area contributed by atoms with E-state index in [1.165, 1.54) is 0 Å². The number of ether oxygens (including phenoxy) is 1. The van der Waals surface area contributed by atoms with Gasteiger partial charge in [-0.2, -0.15) is 0 Å². The number of fused-ring (bicyclic) bond motifs is 1. The highest BCUT2D eigenvalue weighted by molar-refractivity contribution is 6.25. The summed E-state index contributed by atoms with van der Waals surface area (Å²) in [4.78, 5) is 33.2. The van der Waals surface area contributed by atoms with Gasteiger partial charge in [0.2, 0.25) is 0 Å². The number of primary amides is 1. The predicted molar refractivity (Wildman–Crippen MR) is 146 cm³/mol. The first-order chi connectivity index (χ1) is 17.8. The highest BCUT2D eigenvalue weighted by Gasteiger charge is 2.47. The highest BCUT2D eigenvalue weighted by Crippen LogP contribution is 2.46. The molecular formula is C29H31N5O3. The number of amides is 1. The van der Waals surface area contributed by atoms with Gasteiger partial charge in [-0.15, -0.1) is 0 Å². The number of nitrogens with two attached hydrogens (primary N) is 1. The highest BCUT2D eigenvalue weighted by atomic mass is 16.5. The average Bonchev–Trinajstić information content (AvgIpc) is 2.89. The van der Waals surface area contributed by atoms with Crippen LogP contribution in [0.15, 0.2) is 71.2 Å². The molecule has 3 aromatic rings. The lowest BCUT2D eigenvalue weighted by atomic mass is 9.63. The molecule has 8 heteroatoms. The average molecular weight is 498 g/mol. The van der Waals surface area contributed by atoms with Crippen molar-refractivity contribution in [1.82, 2.24) is 10.3 Å². The third-order valence-corrected chi connectivity index (χ3v) is 6.76. The molecule has 4 N–H and O–H groups in total. The van der Waals surface area contributed by atoms with E-state index in [1.807, 2.05) is 67.6 Å². The number of benzene rings is 2. The Bertz CT molecular complexity index is 1390. The van der Waals surface area contributed by atoms with Gasteiger partial charge >= 0.3 is 5.97 Å². The first-order valence-electron chi connectivity index (χ1n) is 12.2. The zero-order chi connectivity index (χ0) is 26.6. The third-order valence-electron chi connectivity index (χ3n) is 6.76. The number of rotatable bonds is 9. The van der Waals surface area contributed by atoms with Crippen molar-refractivity contribution < 1.29 is 14.3 Å². The van der Waals surface area contributed by atoms with Crippen LogP contribution in [-0.4, -0.2) is 42.6 Å². The monoisotopic (exact) mass is 497 g/mol. The Hall–Kier alpha value is -4.33. The van der Waals surface area contributed by atoms with Crippen molar-refractivity contribution in [2.24, 2.45) is 22.1 Å². The SMILES string of the molecule is C=NC(=N)/C(C(N)=O)=C(\NCC1CC(C)(C(=O)OCC)C1)c1ccc2ccc(-c3ccccc3)nc2c1. The van der Waals surface area contributed by atoms with Gasteiger partial charge in [0.05, 0.1) is 28.9 Å². The van der Waals surface area contributed by atoms with E-state index in [4.69, 9.17) is 20.9 Å². The first-order valence-corrected chi connectivity index (χ1v) is 12.2. The van der Waals surface area contributed by atoms with Crippen LogP contribution in [0.2, 0.25) is 0 Å². The number of amidine groups is 1. The van der Waals surface area contributed by atoms with E-state index in [0.717, 1.165) is 22.2 Å². The molecule has 1 amide bonds. The number of carbonyl (C=O) groups is 2. The zero-order valence-corrected chi connectivity index (χ0v) is 21.1. The molecule has 0 bridgehead atoms. The molecule has 8 nitrogen and oxygen atoms in total. The fourth-order valence-electron chi connectivity index (χ4n) is 4.89. The van der Waals surface area contributed by atoms with Crippen LogP contribution in [0, 0.1) is 16.7 Å². The summed E-state index contributed by atoms with van der Waals surface area (Å²) in [6.07, 6.45) is 1.32. The number of esters is 1. The summed E-state index contributed by atoms with van der Waals surface area (Å²) in [7, 11) is 0. The smallest absolute Gasteiger partial charge is 0.311 e. The Morgan fingerprint density at radius 1 is 1.19 bits per heavy atom. The number of nitrogens with zero attached hydrogens (tertiary/aromatic N) is 2. The standard InChI is InChI=1S/C29H31N5O3/c1-4-37-28(36)29(2)15-18(16-29)17-33-25(24(27(31)35)26(30)32-3)21-11-10-20-12-13-22(34-23(20)14-21)19-8-6-5-7-9-19/h5-14,18,30,33H,3-4,15-17H2,1-2H3,(H2,31,35)/b25-24+,30-26?. The van der Waals surface area contributed by atoms with Crippen LogP contribution in [0.3, 0.4) is 0 Å². The second kappa shape index (κ2) is 10.7. The maximum absolute atomic E-state index is 12.4. The minimum Gasteiger partial charge on any atom is -0.466 e. The van der Waals surface area contributed by atoms with Crippen molar-refractivity contribution in [3.05, 3.63) is 71.8 Å². The summed E-state index contributed by atoms with van der Waals surface area (Å²) < 4.78 is 5.21. The minimum absolute atomic E-state index is 0.0546. The number of carbonyl (C=O) groups excluding carboxylic acids is 2. The molecular weight excluding hydrogens is 466 g/mol. The summed E-state index contributed by atoms with van der Waals surface area (Å²) in [5.74, 6) is -1.10. The lowest BCUT2D eigenvalue weighted by Crippen LogP contribution is -2.46. The molecule has 1 aliphatic rings. The van der Waals surface area contributed by atoms with Gasteiger partial charge in [0.1, 0.15) is 5.57 Å². The Labute approximate surface area is 216 Å². The van der Waals surface area contributed by atoms with Gasteiger partial charge in [0.15, 0.2) is 5.84 Å². The van der Waals surface area contributed by atoms with E-state index < -0.39 is 11.3 Å². The molecule has 0 unspecified atom stereocenters. The molecule has 2 aromatic carbocycles. The molecule has 37 heavy (non-hydrogen) atoms. The van der Waals surface area contributed by atoms with Crippen LogP contribution < -0.4 is 11.1 Å². The molecule has 0 aliphatic heterocycles. The van der Waals surface area contributed by atoms with Gasteiger partial charge in [-0.05, 0) is 51.5 Å².